The molecule has 1 amide bonds. The Kier molecular flexibility index (Phi) is 3.52. The van der Waals surface area contributed by atoms with Crippen LogP contribution in [0.2, 0.25) is 0 Å². The summed E-state index contributed by atoms with van der Waals surface area (Å²) in [5, 5.41) is 29.8. The number of phenols is 2. The number of amides is 1. The number of nitrogens with one attached hydrogen (secondary N) is 1. The molecular weight excluding hydrogens is 264 g/mol. The molecule has 102 valence electrons. The van der Waals surface area contributed by atoms with E-state index in [1.807, 2.05) is 0 Å². The van der Waals surface area contributed by atoms with Crippen molar-refractivity contribution in [2.75, 3.05) is 5.32 Å². The van der Waals surface area contributed by atoms with Crippen LogP contribution < -0.4 is 5.32 Å². The lowest BCUT2D eigenvalue weighted by Crippen LogP contribution is -2.15. The minimum atomic E-state index is -1.22. The first-order valence-corrected chi connectivity index (χ1v) is 5.50. The number of benzene rings is 1. The zero-order valence-corrected chi connectivity index (χ0v) is 10.1. The molecule has 4 N–H and O–H groups in total. The highest BCUT2D eigenvalue weighted by Crippen LogP contribution is 2.25. The van der Waals surface area contributed by atoms with Crippen LogP contribution in [-0.2, 0) is 0 Å². The fourth-order valence-corrected chi connectivity index (χ4v) is 1.52. The zero-order chi connectivity index (χ0) is 14.7. The van der Waals surface area contributed by atoms with E-state index in [1.165, 1.54) is 24.4 Å². The van der Waals surface area contributed by atoms with Crippen LogP contribution in [0.15, 0.2) is 36.5 Å². The second-order valence-corrected chi connectivity index (χ2v) is 3.86. The number of phenolic OH excluding ortho intramolecular Hbond substituents is 2. The van der Waals surface area contributed by atoms with Crippen molar-refractivity contribution < 1.29 is 24.9 Å². The molecule has 0 saturated carbocycles. The first-order chi connectivity index (χ1) is 9.49. The second kappa shape index (κ2) is 5.27. The summed E-state index contributed by atoms with van der Waals surface area (Å²) in [4.78, 5) is 26.7. The maximum Gasteiger partial charge on any atom is 0.339 e. The van der Waals surface area contributed by atoms with Crippen LogP contribution >= 0.6 is 0 Å². The van der Waals surface area contributed by atoms with E-state index in [9.17, 15) is 14.7 Å². The maximum atomic E-state index is 11.9. The Bertz CT molecular complexity index is 684. The Morgan fingerprint density at radius 3 is 2.50 bits per heavy atom. The lowest BCUT2D eigenvalue weighted by atomic mass is 10.2. The van der Waals surface area contributed by atoms with Gasteiger partial charge in [-0.05, 0) is 30.3 Å². The van der Waals surface area contributed by atoms with E-state index in [-0.39, 0.29) is 22.7 Å². The normalized spacial score (nSPS) is 10.0. The molecule has 1 aromatic heterocycles. The summed E-state index contributed by atoms with van der Waals surface area (Å²) in [6, 6.07) is 6.24. The Morgan fingerprint density at radius 2 is 1.85 bits per heavy atom. The van der Waals surface area contributed by atoms with Gasteiger partial charge in [-0.1, -0.05) is 0 Å². The average molecular weight is 274 g/mol. The quantitative estimate of drug-likeness (QED) is 0.629. The molecule has 1 heterocycles. The molecule has 0 fully saturated rings. The van der Waals surface area contributed by atoms with Crippen LogP contribution in [0.3, 0.4) is 0 Å². The molecule has 1 aromatic carbocycles. The number of nitrogens with zero attached hydrogens (tertiary/aromatic N) is 1. The molecule has 2 rings (SSSR count). The summed E-state index contributed by atoms with van der Waals surface area (Å²) in [6.07, 6.45) is 1.34. The van der Waals surface area contributed by atoms with Gasteiger partial charge in [-0.25, -0.2) is 9.78 Å². The van der Waals surface area contributed by atoms with Crippen molar-refractivity contribution in [2.45, 2.75) is 0 Å². The lowest BCUT2D eigenvalue weighted by molar-refractivity contribution is 0.0697. The smallest absolute Gasteiger partial charge is 0.339 e. The Balaban J connectivity index is 2.28. The van der Waals surface area contributed by atoms with Crippen molar-refractivity contribution in [2.24, 2.45) is 0 Å². The molecule has 0 aliphatic carbocycles. The molecule has 7 heteroatoms. The van der Waals surface area contributed by atoms with Gasteiger partial charge < -0.3 is 20.6 Å². The van der Waals surface area contributed by atoms with E-state index >= 15 is 0 Å². The van der Waals surface area contributed by atoms with Crippen LogP contribution in [0.25, 0.3) is 0 Å². The van der Waals surface area contributed by atoms with Crippen molar-refractivity contribution in [3.8, 4) is 11.5 Å². The number of carbonyl (C=O) groups excluding carboxylic acids is 1. The highest BCUT2D eigenvalue weighted by atomic mass is 16.4. The Morgan fingerprint density at radius 1 is 1.10 bits per heavy atom. The van der Waals surface area contributed by atoms with E-state index < -0.39 is 17.6 Å². The van der Waals surface area contributed by atoms with Gasteiger partial charge in [0.25, 0.3) is 5.91 Å². The number of carboxylic acid groups (broad SMARTS) is 1. The molecule has 0 saturated heterocycles. The van der Waals surface area contributed by atoms with Crippen LogP contribution in [0.4, 0.5) is 5.82 Å². The monoisotopic (exact) mass is 274 g/mol. The number of anilines is 1. The number of carboxylic acids is 1. The fourth-order valence-electron chi connectivity index (χ4n) is 1.52. The lowest BCUT2D eigenvalue weighted by Gasteiger charge is -2.07. The van der Waals surface area contributed by atoms with E-state index in [0.29, 0.717) is 0 Å². The van der Waals surface area contributed by atoms with Crippen molar-refractivity contribution in [3.05, 3.63) is 47.7 Å². The minimum Gasteiger partial charge on any atom is -0.504 e. The number of aromatic nitrogens is 1. The summed E-state index contributed by atoms with van der Waals surface area (Å²) in [7, 11) is 0. The molecule has 0 aliphatic rings. The summed E-state index contributed by atoms with van der Waals surface area (Å²) in [6.45, 7) is 0. The van der Waals surface area contributed by atoms with Crippen LogP contribution in [0.5, 0.6) is 11.5 Å². The molecule has 0 radical (unpaired) electrons. The van der Waals surface area contributed by atoms with E-state index in [1.54, 1.807) is 0 Å². The third kappa shape index (κ3) is 2.66. The van der Waals surface area contributed by atoms with Gasteiger partial charge in [0.05, 0.1) is 0 Å². The second-order valence-electron chi connectivity index (χ2n) is 3.86. The van der Waals surface area contributed by atoms with Gasteiger partial charge in [0.1, 0.15) is 11.4 Å². The van der Waals surface area contributed by atoms with Gasteiger partial charge in [-0.2, -0.15) is 0 Å². The Labute approximate surface area is 113 Å². The van der Waals surface area contributed by atoms with Gasteiger partial charge in [-0.3, -0.25) is 4.79 Å². The van der Waals surface area contributed by atoms with Crippen molar-refractivity contribution >= 4 is 17.7 Å². The first-order valence-electron chi connectivity index (χ1n) is 5.50. The number of aromatic hydroxyl groups is 2. The molecule has 0 aliphatic heterocycles. The molecule has 20 heavy (non-hydrogen) atoms. The molecular formula is C13H10N2O5. The number of hydrogen-bond acceptors (Lipinski definition) is 5. The maximum absolute atomic E-state index is 11.9. The number of aromatic carboxylic acids is 1. The van der Waals surface area contributed by atoms with Gasteiger partial charge in [0, 0.05) is 11.8 Å². The molecule has 0 atom stereocenters. The average Bonchev–Trinajstić information content (AvgIpc) is 2.42. The standard InChI is InChI=1S/C13H10N2O5/c16-9-4-3-7(6-10(9)17)12(18)15-11-8(13(19)20)2-1-5-14-11/h1-6,16-17H,(H,19,20)(H,14,15,18). The number of pyridine rings is 1. The van der Waals surface area contributed by atoms with Crippen molar-refractivity contribution in [3.63, 3.8) is 0 Å². The summed E-state index contributed by atoms with van der Waals surface area (Å²) in [5.41, 5.74) is -0.0915. The van der Waals surface area contributed by atoms with Crippen LogP contribution in [-0.4, -0.2) is 32.2 Å². The third-order valence-corrected chi connectivity index (χ3v) is 2.51. The van der Waals surface area contributed by atoms with Crippen molar-refractivity contribution in [1.29, 1.82) is 0 Å². The Hall–Kier alpha value is -3.09. The van der Waals surface area contributed by atoms with Crippen LogP contribution in [0.1, 0.15) is 20.7 Å². The van der Waals surface area contributed by atoms with Gasteiger partial charge in [0.2, 0.25) is 0 Å². The highest BCUT2D eigenvalue weighted by Gasteiger charge is 2.15. The minimum absolute atomic E-state index is 0.0577. The molecule has 0 bridgehead atoms. The topological polar surface area (TPSA) is 120 Å². The third-order valence-electron chi connectivity index (χ3n) is 2.51. The van der Waals surface area contributed by atoms with Gasteiger partial charge in [0.15, 0.2) is 11.5 Å². The summed E-state index contributed by atoms with van der Waals surface area (Å²) >= 11 is 0. The largest absolute Gasteiger partial charge is 0.504 e. The first kappa shape index (κ1) is 13.3. The molecule has 7 nitrogen and oxygen atoms in total. The summed E-state index contributed by atoms with van der Waals surface area (Å²) < 4.78 is 0. The molecule has 0 spiro atoms. The molecule has 2 aromatic rings. The zero-order valence-electron chi connectivity index (χ0n) is 10.1. The predicted octanol–water partition coefficient (Wildman–Crippen LogP) is 1.44. The fraction of sp³-hybridized carbons (Fsp3) is 0. The SMILES string of the molecule is O=C(Nc1ncccc1C(=O)O)c1ccc(O)c(O)c1. The number of rotatable bonds is 3. The summed E-state index contributed by atoms with van der Waals surface area (Å²) in [5.74, 6) is -2.77. The number of carbonyl (C=O) groups is 2. The van der Waals surface area contributed by atoms with Gasteiger partial charge >= 0.3 is 5.97 Å². The molecule has 0 unspecified atom stereocenters. The van der Waals surface area contributed by atoms with Crippen molar-refractivity contribution in [1.82, 2.24) is 4.98 Å². The van der Waals surface area contributed by atoms with Gasteiger partial charge in [-0.15, -0.1) is 0 Å². The highest BCUT2D eigenvalue weighted by molar-refractivity contribution is 6.07. The van der Waals surface area contributed by atoms with E-state index in [4.69, 9.17) is 10.2 Å². The van der Waals surface area contributed by atoms with Crippen LogP contribution in [0, 0.1) is 0 Å². The van der Waals surface area contributed by atoms with E-state index in [2.05, 4.69) is 10.3 Å². The number of hydrogen-bond donors (Lipinski definition) is 4. The predicted molar refractivity (Wildman–Crippen MR) is 68.9 cm³/mol. The van der Waals surface area contributed by atoms with E-state index in [0.717, 1.165) is 12.1 Å².